The van der Waals surface area contributed by atoms with Crippen molar-refractivity contribution in [3.63, 3.8) is 0 Å². The summed E-state index contributed by atoms with van der Waals surface area (Å²) in [5.41, 5.74) is 0.316. The largest absolute Gasteiger partial charge is 0.497 e. The first-order valence-corrected chi connectivity index (χ1v) is 7.17. The molecule has 0 unspecified atom stereocenters. The Morgan fingerprint density at radius 3 is 2.58 bits per heavy atom. The van der Waals surface area contributed by atoms with Gasteiger partial charge in [-0.25, -0.2) is 0 Å². The van der Waals surface area contributed by atoms with Gasteiger partial charge in [-0.1, -0.05) is 12.1 Å². The maximum Gasteiger partial charge on any atom is 0.119 e. The zero-order chi connectivity index (χ0) is 13.3. The molecular weight excluding hydrogens is 240 g/mol. The van der Waals surface area contributed by atoms with E-state index >= 15 is 0 Å². The van der Waals surface area contributed by atoms with E-state index in [9.17, 15) is 5.11 Å². The monoisotopic (exact) mass is 262 g/mol. The average molecular weight is 262 g/mol. The lowest BCUT2D eigenvalue weighted by Crippen LogP contribution is -2.40. The van der Waals surface area contributed by atoms with Gasteiger partial charge in [0.15, 0.2) is 0 Å². The molecular formula is C16H22O3. The van der Waals surface area contributed by atoms with Gasteiger partial charge < -0.3 is 14.6 Å². The van der Waals surface area contributed by atoms with Crippen molar-refractivity contribution in [2.24, 2.45) is 0 Å². The highest BCUT2D eigenvalue weighted by atomic mass is 16.5. The third-order valence-corrected chi connectivity index (χ3v) is 4.78. The van der Waals surface area contributed by atoms with Gasteiger partial charge in [-0.2, -0.15) is 0 Å². The molecule has 0 aromatic heterocycles. The first-order valence-electron chi connectivity index (χ1n) is 7.17. The zero-order valence-electron chi connectivity index (χ0n) is 11.5. The van der Waals surface area contributed by atoms with Gasteiger partial charge in [-0.3, -0.25) is 0 Å². The molecule has 0 amide bonds. The van der Waals surface area contributed by atoms with Gasteiger partial charge in [0.1, 0.15) is 5.75 Å². The molecule has 1 aromatic carbocycles. The van der Waals surface area contributed by atoms with Crippen LogP contribution in [0.2, 0.25) is 0 Å². The maximum atomic E-state index is 10.9. The van der Waals surface area contributed by atoms with Crippen LogP contribution in [0, 0.1) is 0 Å². The second-order valence-electron chi connectivity index (χ2n) is 5.90. The van der Waals surface area contributed by atoms with Gasteiger partial charge in [0.25, 0.3) is 0 Å². The summed E-state index contributed by atoms with van der Waals surface area (Å²) < 4.78 is 11.2. The molecule has 1 heterocycles. The number of hydrogen-bond donors (Lipinski definition) is 1. The fourth-order valence-corrected chi connectivity index (χ4v) is 3.47. The van der Waals surface area contributed by atoms with Gasteiger partial charge in [0, 0.05) is 6.61 Å². The van der Waals surface area contributed by atoms with Crippen LogP contribution < -0.4 is 4.74 Å². The topological polar surface area (TPSA) is 38.7 Å². The molecule has 3 rings (SSSR count). The van der Waals surface area contributed by atoms with Gasteiger partial charge in [-0.05, 0) is 56.2 Å². The third-order valence-electron chi connectivity index (χ3n) is 4.78. The molecule has 1 saturated carbocycles. The number of ether oxygens (including phenoxy) is 2. The van der Waals surface area contributed by atoms with Crippen LogP contribution in [0.1, 0.15) is 44.1 Å². The van der Waals surface area contributed by atoms with E-state index in [2.05, 4.69) is 0 Å². The molecule has 19 heavy (non-hydrogen) atoms. The Kier molecular flexibility index (Phi) is 3.27. The van der Waals surface area contributed by atoms with E-state index in [-0.39, 0.29) is 5.60 Å². The molecule has 0 bridgehead atoms. The van der Waals surface area contributed by atoms with E-state index in [1.165, 1.54) is 0 Å². The summed E-state index contributed by atoms with van der Waals surface area (Å²) in [6, 6.07) is 7.81. The second kappa shape index (κ2) is 4.80. The summed E-state index contributed by atoms with van der Waals surface area (Å²) in [5.74, 6) is 0.809. The average Bonchev–Trinajstić information content (AvgIpc) is 2.92. The molecule has 2 fully saturated rings. The lowest BCUT2D eigenvalue weighted by molar-refractivity contribution is -0.0941. The van der Waals surface area contributed by atoms with E-state index in [4.69, 9.17) is 9.47 Å². The number of methoxy groups -OCH3 is 1. The zero-order valence-corrected chi connectivity index (χ0v) is 11.5. The Morgan fingerprint density at radius 2 is 1.95 bits per heavy atom. The van der Waals surface area contributed by atoms with Crippen LogP contribution in [0.25, 0.3) is 0 Å². The Balaban J connectivity index is 1.77. The molecule has 0 atom stereocenters. The Morgan fingerprint density at radius 1 is 1.16 bits per heavy atom. The lowest BCUT2D eigenvalue weighted by Gasteiger charge is -2.41. The minimum atomic E-state index is -0.717. The molecule has 1 aromatic rings. The summed E-state index contributed by atoms with van der Waals surface area (Å²) in [7, 11) is 1.66. The highest BCUT2D eigenvalue weighted by Gasteiger charge is 2.44. The molecule has 3 nitrogen and oxygen atoms in total. The van der Waals surface area contributed by atoms with Crippen molar-refractivity contribution >= 4 is 0 Å². The summed E-state index contributed by atoms with van der Waals surface area (Å²) in [5, 5.41) is 10.9. The molecule has 3 heteroatoms. The quantitative estimate of drug-likeness (QED) is 0.890. The van der Waals surface area contributed by atoms with Crippen LogP contribution >= 0.6 is 0 Å². The molecule has 0 radical (unpaired) electrons. The molecule has 1 N–H and O–H groups in total. The predicted molar refractivity (Wildman–Crippen MR) is 73.3 cm³/mol. The second-order valence-corrected chi connectivity index (χ2v) is 5.90. The van der Waals surface area contributed by atoms with Crippen LogP contribution in [0.15, 0.2) is 24.3 Å². The van der Waals surface area contributed by atoms with E-state index in [0.717, 1.165) is 56.4 Å². The van der Waals surface area contributed by atoms with Gasteiger partial charge in [-0.15, -0.1) is 0 Å². The summed E-state index contributed by atoms with van der Waals surface area (Å²) in [4.78, 5) is 0. The molecule has 104 valence electrons. The highest BCUT2D eigenvalue weighted by molar-refractivity contribution is 5.32. The number of rotatable bonds is 2. The fourth-order valence-electron chi connectivity index (χ4n) is 3.47. The number of benzene rings is 1. The van der Waals surface area contributed by atoms with Crippen molar-refractivity contribution in [1.82, 2.24) is 0 Å². The number of aliphatic hydroxyl groups is 1. The predicted octanol–water partition coefficient (Wildman–Crippen LogP) is 3.01. The van der Waals surface area contributed by atoms with E-state index in [1.807, 2.05) is 24.3 Å². The van der Waals surface area contributed by atoms with Crippen molar-refractivity contribution in [2.75, 3.05) is 13.7 Å². The minimum Gasteiger partial charge on any atom is -0.497 e. The lowest BCUT2D eigenvalue weighted by atomic mass is 9.72. The van der Waals surface area contributed by atoms with Crippen LogP contribution in [-0.4, -0.2) is 24.4 Å². The van der Waals surface area contributed by atoms with Crippen molar-refractivity contribution in [3.05, 3.63) is 29.8 Å². The summed E-state index contributed by atoms with van der Waals surface area (Å²) in [6.07, 6.45) is 5.79. The first-order chi connectivity index (χ1) is 9.16. The first kappa shape index (κ1) is 12.9. The van der Waals surface area contributed by atoms with Crippen LogP contribution in [-0.2, 0) is 10.3 Å². The van der Waals surface area contributed by atoms with Gasteiger partial charge >= 0.3 is 0 Å². The highest BCUT2D eigenvalue weighted by Crippen LogP contribution is 2.47. The van der Waals surface area contributed by atoms with Crippen LogP contribution in [0.4, 0.5) is 0 Å². The molecule has 1 saturated heterocycles. The minimum absolute atomic E-state index is 0.0606. The smallest absolute Gasteiger partial charge is 0.119 e. The van der Waals surface area contributed by atoms with Crippen molar-refractivity contribution in [2.45, 2.75) is 49.7 Å². The van der Waals surface area contributed by atoms with E-state index in [0.29, 0.717) is 0 Å². The molecule has 2 aliphatic rings. The van der Waals surface area contributed by atoms with Gasteiger partial charge in [0.05, 0.1) is 18.3 Å². The normalized spacial score (nSPS) is 34.6. The Bertz CT molecular complexity index is 439. The van der Waals surface area contributed by atoms with Gasteiger partial charge in [0.2, 0.25) is 0 Å². The summed E-state index contributed by atoms with van der Waals surface area (Å²) >= 11 is 0. The number of hydrogen-bond acceptors (Lipinski definition) is 3. The van der Waals surface area contributed by atoms with Crippen LogP contribution in [0.5, 0.6) is 5.75 Å². The van der Waals surface area contributed by atoms with Crippen molar-refractivity contribution in [3.8, 4) is 5.75 Å². The van der Waals surface area contributed by atoms with Crippen molar-refractivity contribution < 1.29 is 14.6 Å². The Labute approximate surface area is 114 Å². The Hall–Kier alpha value is -1.06. The molecule has 1 spiro atoms. The standard InChI is InChI=1S/C16H22O3/c1-18-14-5-2-4-13(12-14)16(17)9-7-15(8-10-16)6-3-11-19-15/h2,4-5,12,17H,3,6-11H2,1H3. The maximum absolute atomic E-state index is 10.9. The van der Waals surface area contributed by atoms with Crippen molar-refractivity contribution in [1.29, 1.82) is 0 Å². The summed E-state index contributed by atoms with van der Waals surface area (Å²) in [6.45, 7) is 0.886. The molecule has 1 aliphatic carbocycles. The third kappa shape index (κ3) is 2.37. The SMILES string of the molecule is COc1cccc(C2(O)CCC3(CCCO3)CC2)c1. The molecule has 1 aliphatic heterocycles. The van der Waals surface area contributed by atoms with E-state index < -0.39 is 5.60 Å². The van der Waals surface area contributed by atoms with Crippen LogP contribution in [0.3, 0.4) is 0 Å². The fraction of sp³-hybridized carbons (Fsp3) is 0.625. The van der Waals surface area contributed by atoms with E-state index in [1.54, 1.807) is 7.11 Å².